The number of carbonyl (C=O) groups excluding carboxylic acids is 7. The van der Waals surface area contributed by atoms with Crippen LogP contribution >= 0.6 is 0 Å². The summed E-state index contributed by atoms with van der Waals surface area (Å²) in [6, 6.07) is -8.72. The number of rotatable bonds is 10. The Balaban J connectivity index is 2.51. The van der Waals surface area contributed by atoms with Crippen molar-refractivity contribution in [3.05, 3.63) is 11.9 Å². The summed E-state index contributed by atoms with van der Waals surface area (Å²) in [5, 5.41) is 39.3. The molecule has 0 saturated carbocycles. The number of nitrogens with two attached hydrogens (primary N) is 4. The zero-order valence-electron chi connectivity index (χ0n) is 25.5. The summed E-state index contributed by atoms with van der Waals surface area (Å²) in [6.07, 6.45) is 1.73. The Morgan fingerprint density at radius 3 is 2.30 bits per heavy atom. The molecule has 2 rings (SSSR count). The van der Waals surface area contributed by atoms with Crippen LogP contribution in [-0.2, 0) is 28.8 Å². The van der Waals surface area contributed by atoms with Crippen molar-refractivity contribution in [3.63, 3.8) is 0 Å². The van der Waals surface area contributed by atoms with E-state index in [4.69, 9.17) is 28.3 Å². The van der Waals surface area contributed by atoms with Gasteiger partial charge >= 0.3 is 6.03 Å². The fraction of sp³-hybridized carbons (Fsp3) is 0.600. The number of guanidine groups is 1. The van der Waals surface area contributed by atoms with Gasteiger partial charge < -0.3 is 75.9 Å². The number of carbonyl (C=O) groups is 7. The Kier molecular flexibility index (Phi) is 15.2. The molecule has 0 aromatic carbocycles. The molecule has 2 aliphatic heterocycles. The first-order chi connectivity index (χ1) is 22.3. The van der Waals surface area contributed by atoms with Crippen LogP contribution in [0.15, 0.2) is 11.9 Å². The highest BCUT2D eigenvalue weighted by Gasteiger charge is 2.36. The van der Waals surface area contributed by atoms with Crippen molar-refractivity contribution < 1.29 is 38.7 Å². The Bertz CT molecular complexity index is 1230. The maximum atomic E-state index is 13.6. The first-order valence-corrected chi connectivity index (χ1v) is 14.7. The third-order valence-corrected chi connectivity index (χ3v) is 6.96. The summed E-state index contributed by atoms with van der Waals surface area (Å²) >= 11 is 0. The SMILES string of the molecule is N=C1NCCC([C@@H]2NC(=O)/C(=C/NC(N)=O)NC(=O)[C@H](CN)NC(=O)[C@H](CO)NC(=O)[C@@H](NC(=O)C[C@@H](N)CCCN)CNC2=O)N1. The molecular weight excluding hydrogens is 624 g/mol. The normalized spacial score (nSPS) is 26.3. The number of nitrogens with one attached hydrogen (secondary N) is 10. The summed E-state index contributed by atoms with van der Waals surface area (Å²) in [5.41, 5.74) is 21.6. The molecule has 262 valence electrons. The lowest BCUT2D eigenvalue weighted by atomic mass is 10.0. The first-order valence-electron chi connectivity index (χ1n) is 14.7. The zero-order valence-corrected chi connectivity index (χ0v) is 25.5. The standard InChI is InChI=1S/C25H44N14O8/c26-4-1-2-11(28)6-17(41)34-14-8-32-23(46)18(12-3-5-31-24(29)38-12)39-21(44)15(9-33-25(30)47)36-19(42)13(7-27)35-22(45)16(10-40)37-20(14)43/h9,11-14,16,18,40H,1-8,10,26-28H2,(H,32,46)(H,34,41)(H,35,45)(H,36,42)(H,37,43)(H,39,44)(H3,29,31,38)(H3,30,33,47)/b15-9-/t11-,12?,13-,14-,16-,18-/m0/s1. The van der Waals surface area contributed by atoms with Gasteiger partial charge in [-0.1, -0.05) is 0 Å². The van der Waals surface area contributed by atoms with Crippen LogP contribution < -0.4 is 70.8 Å². The molecule has 22 nitrogen and oxygen atoms in total. The fourth-order valence-electron chi connectivity index (χ4n) is 4.47. The van der Waals surface area contributed by atoms with E-state index in [1.54, 1.807) is 0 Å². The van der Waals surface area contributed by atoms with Crippen LogP contribution in [0.25, 0.3) is 0 Å². The van der Waals surface area contributed by atoms with Crippen LogP contribution in [-0.4, -0.2) is 122 Å². The van der Waals surface area contributed by atoms with Gasteiger partial charge in [0, 0.05) is 38.3 Å². The summed E-state index contributed by atoms with van der Waals surface area (Å²) in [5.74, 6) is -5.90. The highest BCUT2D eigenvalue weighted by atomic mass is 16.3. The van der Waals surface area contributed by atoms with Gasteiger partial charge in [0.15, 0.2) is 5.96 Å². The van der Waals surface area contributed by atoms with E-state index >= 15 is 0 Å². The molecule has 47 heavy (non-hydrogen) atoms. The number of amides is 8. The molecule has 0 aromatic heterocycles. The molecule has 0 bridgehead atoms. The third kappa shape index (κ3) is 12.3. The lowest BCUT2D eigenvalue weighted by Gasteiger charge is -2.33. The maximum absolute atomic E-state index is 13.6. The first kappa shape index (κ1) is 38.1. The lowest BCUT2D eigenvalue weighted by molar-refractivity contribution is -0.135. The molecule has 19 N–H and O–H groups in total. The largest absolute Gasteiger partial charge is 0.394 e. The van der Waals surface area contributed by atoms with Gasteiger partial charge in [-0.15, -0.1) is 0 Å². The number of urea groups is 1. The average molecular weight is 669 g/mol. The molecule has 1 unspecified atom stereocenters. The monoisotopic (exact) mass is 668 g/mol. The predicted octanol–water partition coefficient (Wildman–Crippen LogP) is -8.03. The third-order valence-electron chi connectivity index (χ3n) is 6.96. The van der Waals surface area contributed by atoms with E-state index in [9.17, 15) is 38.7 Å². The van der Waals surface area contributed by atoms with Crippen molar-refractivity contribution in [2.45, 2.75) is 61.9 Å². The number of aliphatic hydroxyl groups is 1. The van der Waals surface area contributed by atoms with Crippen LogP contribution in [0.4, 0.5) is 4.79 Å². The molecule has 0 aliphatic carbocycles. The van der Waals surface area contributed by atoms with Crippen molar-refractivity contribution in [2.75, 3.05) is 32.8 Å². The minimum Gasteiger partial charge on any atom is -0.394 e. The molecule has 0 aromatic rings. The summed E-state index contributed by atoms with van der Waals surface area (Å²) in [7, 11) is 0. The van der Waals surface area contributed by atoms with Gasteiger partial charge in [0.25, 0.3) is 5.91 Å². The minimum absolute atomic E-state index is 0.151. The molecule has 0 radical (unpaired) electrons. The highest BCUT2D eigenvalue weighted by Crippen LogP contribution is 2.06. The lowest BCUT2D eigenvalue weighted by Crippen LogP contribution is -2.65. The van der Waals surface area contributed by atoms with Crippen molar-refractivity contribution in [1.29, 1.82) is 5.41 Å². The number of hydrogen-bond acceptors (Lipinski definition) is 12. The van der Waals surface area contributed by atoms with E-state index in [2.05, 4.69) is 42.5 Å². The second-order valence-electron chi connectivity index (χ2n) is 10.6. The van der Waals surface area contributed by atoms with E-state index in [1.165, 1.54) is 0 Å². The minimum atomic E-state index is -1.65. The van der Waals surface area contributed by atoms with E-state index in [1.807, 2.05) is 5.32 Å². The topological polar surface area (TPSA) is 376 Å². The van der Waals surface area contributed by atoms with Crippen molar-refractivity contribution in [2.24, 2.45) is 22.9 Å². The van der Waals surface area contributed by atoms with Crippen molar-refractivity contribution in [3.8, 4) is 0 Å². The molecule has 2 saturated heterocycles. The van der Waals surface area contributed by atoms with Gasteiger partial charge in [-0.05, 0) is 25.8 Å². The molecule has 2 aliphatic rings. The van der Waals surface area contributed by atoms with Crippen LogP contribution in [0.1, 0.15) is 25.7 Å². The van der Waals surface area contributed by atoms with Crippen LogP contribution in [0.2, 0.25) is 0 Å². The van der Waals surface area contributed by atoms with Gasteiger partial charge in [0.05, 0.1) is 12.6 Å². The maximum Gasteiger partial charge on any atom is 0.316 e. The zero-order chi connectivity index (χ0) is 35.1. The van der Waals surface area contributed by atoms with E-state index in [0.29, 0.717) is 19.4 Å². The van der Waals surface area contributed by atoms with Gasteiger partial charge in [0.2, 0.25) is 29.5 Å². The Hall–Kier alpha value is -5.06. The highest BCUT2D eigenvalue weighted by molar-refractivity contribution is 6.02. The molecule has 2 fully saturated rings. The van der Waals surface area contributed by atoms with E-state index in [0.717, 1.165) is 6.20 Å². The second-order valence-corrected chi connectivity index (χ2v) is 10.6. The second kappa shape index (κ2) is 18.8. The molecule has 6 atom stereocenters. The molecular formula is C25H44N14O8. The molecule has 2 heterocycles. The van der Waals surface area contributed by atoms with Crippen molar-refractivity contribution >= 4 is 47.4 Å². The smallest absolute Gasteiger partial charge is 0.316 e. The number of aliphatic hydroxyl groups excluding tert-OH is 1. The Morgan fingerprint density at radius 2 is 1.68 bits per heavy atom. The Morgan fingerprint density at radius 1 is 0.979 bits per heavy atom. The van der Waals surface area contributed by atoms with E-state index in [-0.39, 0.29) is 25.3 Å². The Labute approximate surface area is 269 Å². The van der Waals surface area contributed by atoms with E-state index < -0.39 is 103 Å². The van der Waals surface area contributed by atoms with Crippen LogP contribution in [0.5, 0.6) is 0 Å². The van der Waals surface area contributed by atoms with Crippen LogP contribution in [0, 0.1) is 5.41 Å². The van der Waals surface area contributed by atoms with Gasteiger partial charge in [-0.3, -0.25) is 34.2 Å². The molecule has 8 amide bonds. The molecule has 22 heteroatoms. The predicted molar refractivity (Wildman–Crippen MR) is 164 cm³/mol. The summed E-state index contributed by atoms with van der Waals surface area (Å²) in [4.78, 5) is 90.4. The van der Waals surface area contributed by atoms with Crippen molar-refractivity contribution in [1.82, 2.24) is 47.9 Å². The number of primary amides is 1. The summed E-state index contributed by atoms with van der Waals surface area (Å²) in [6.45, 7) is -1.43. The molecule has 0 spiro atoms. The number of hydrogen-bond donors (Lipinski definition) is 15. The fourth-order valence-corrected chi connectivity index (χ4v) is 4.47. The van der Waals surface area contributed by atoms with Gasteiger partial charge in [-0.2, -0.15) is 0 Å². The quantitative estimate of drug-likeness (QED) is 0.0963. The summed E-state index contributed by atoms with van der Waals surface area (Å²) < 4.78 is 0. The average Bonchev–Trinajstić information content (AvgIpc) is 3.02. The van der Waals surface area contributed by atoms with Gasteiger partial charge in [-0.25, -0.2) is 4.79 Å². The van der Waals surface area contributed by atoms with Gasteiger partial charge in [0.1, 0.15) is 29.9 Å². The van der Waals surface area contributed by atoms with Crippen LogP contribution in [0.3, 0.4) is 0 Å².